The molecule has 0 unspecified atom stereocenters. The average molecular weight is 346 g/mol. The number of hydrogen-bond donors (Lipinski definition) is 0. The fraction of sp³-hybridized carbons (Fsp3) is 0.176. The van der Waals surface area contributed by atoms with Gasteiger partial charge in [-0.25, -0.2) is 0 Å². The molecule has 2 aromatic carbocycles. The Labute approximate surface area is 144 Å². The van der Waals surface area contributed by atoms with Crippen molar-refractivity contribution in [2.24, 2.45) is 0 Å². The smallest absolute Gasteiger partial charge is 0.195 e. The molecule has 0 radical (unpaired) electrons. The van der Waals surface area contributed by atoms with Gasteiger partial charge in [-0.2, -0.15) is 0 Å². The number of benzene rings is 2. The van der Waals surface area contributed by atoms with Crippen molar-refractivity contribution >= 4 is 23.4 Å². The van der Waals surface area contributed by atoms with E-state index in [0.29, 0.717) is 0 Å². The molecule has 0 spiro atoms. The van der Waals surface area contributed by atoms with E-state index in [0.717, 1.165) is 32.9 Å². The summed E-state index contributed by atoms with van der Waals surface area (Å²) in [5.74, 6) is 1.64. The number of aromatic nitrogens is 3. The first-order valence-electron chi connectivity index (χ1n) is 7.09. The van der Waals surface area contributed by atoms with Crippen LogP contribution in [0.1, 0.15) is 11.1 Å². The topological polar surface area (TPSA) is 39.9 Å². The largest absolute Gasteiger partial charge is 0.497 e. The van der Waals surface area contributed by atoms with Crippen molar-refractivity contribution in [3.05, 3.63) is 64.9 Å². The fourth-order valence-corrected chi connectivity index (χ4v) is 3.19. The molecule has 0 atom stereocenters. The Kier molecular flexibility index (Phi) is 4.88. The van der Waals surface area contributed by atoms with Crippen LogP contribution in [0.4, 0.5) is 0 Å². The summed E-state index contributed by atoms with van der Waals surface area (Å²) in [6.45, 7) is 1.98. The van der Waals surface area contributed by atoms with Crippen molar-refractivity contribution < 1.29 is 4.74 Å². The van der Waals surface area contributed by atoms with Gasteiger partial charge in [0.1, 0.15) is 12.1 Å². The Morgan fingerprint density at radius 2 is 2.09 bits per heavy atom. The van der Waals surface area contributed by atoms with E-state index in [1.807, 2.05) is 47.9 Å². The van der Waals surface area contributed by atoms with Gasteiger partial charge < -0.3 is 4.74 Å². The summed E-state index contributed by atoms with van der Waals surface area (Å²) in [6, 6.07) is 13.9. The van der Waals surface area contributed by atoms with Crippen LogP contribution in [-0.4, -0.2) is 21.9 Å². The minimum Gasteiger partial charge on any atom is -0.497 e. The first-order valence-corrected chi connectivity index (χ1v) is 8.46. The minimum atomic E-state index is 0.736. The Morgan fingerprint density at radius 1 is 1.22 bits per heavy atom. The number of halogens is 1. The molecule has 0 saturated carbocycles. The third-order valence-corrected chi connectivity index (χ3v) is 4.87. The molecule has 1 heterocycles. The molecule has 0 aliphatic heterocycles. The summed E-state index contributed by atoms with van der Waals surface area (Å²) in [5.41, 5.74) is 3.18. The van der Waals surface area contributed by atoms with Gasteiger partial charge in [-0.1, -0.05) is 41.6 Å². The Hall–Kier alpha value is -1.98. The quantitative estimate of drug-likeness (QED) is 0.637. The fourth-order valence-electron chi connectivity index (χ4n) is 2.14. The van der Waals surface area contributed by atoms with Gasteiger partial charge in [-0.3, -0.25) is 4.57 Å². The van der Waals surface area contributed by atoms with Gasteiger partial charge in [0.25, 0.3) is 0 Å². The maximum absolute atomic E-state index is 6.21. The number of methoxy groups -OCH3 is 1. The third kappa shape index (κ3) is 3.68. The highest BCUT2D eigenvalue weighted by molar-refractivity contribution is 7.98. The van der Waals surface area contributed by atoms with Crippen molar-refractivity contribution in [1.82, 2.24) is 14.8 Å². The van der Waals surface area contributed by atoms with Crippen molar-refractivity contribution in [2.45, 2.75) is 17.8 Å². The molecule has 3 aromatic rings. The average Bonchev–Trinajstić information content (AvgIpc) is 3.04. The van der Waals surface area contributed by atoms with E-state index in [1.54, 1.807) is 25.2 Å². The van der Waals surface area contributed by atoms with Crippen molar-refractivity contribution in [1.29, 1.82) is 0 Å². The highest BCUT2D eigenvalue weighted by Gasteiger charge is 2.09. The standard InChI is InChI=1S/C17H16ClN3OS/c1-12-6-7-14(9-16(12)18)21-11-19-20-17(21)23-10-13-4-3-5-15(8-13)22-2/h3-9,11H,10H2,1-2H3. The first-order chi connectivity index (χ1) is 11.2. The van der Waals surface area contributed by atoms with Gasteiger partial charge in [0.15, 0.2) is 5.16 Å². The van der Waals surface area contributed by atoms with E-state index in [-0.39, 0.29) is 0 Å². The van der Waals surface area contributed by atoms with Crippen molar-refractivity contribution in [3.8, 4) is 11.4 Å². The van der Waals surface area contributed by atoms with Gasteiger partial charge in [0.2, 0.25) is 0 Å². The van der Waals surface area contributed by atoms with Crippen LogP contribution in [0.3, 0.4) is 0 Å². The number of rotatable bonds is 5. The van der Waals surface area contributed by atoms with Gasteiger partial charge in [0.05, 0.1) is 12.8 Å². The molecule has 0 N–H and O–H groups in total. The summed E-state index contributed by atoms with van der Waals surface area (Å²) in [4.78, 5) is 0. The predicted octanol–water partition coefficient (Wildman–Crippen LogP) is 4.53. The molecular weight excluding hydrogens is 330 g/mol. The van der Waals surface area contributed by atoms with Crippen LogP contribution < -0.4 is 4.74 Å². The maximum atomic E-state index is 6.21. The van der Waals surface area contributed by atoms with Crippen LogP contribution in [0.15, 0.2) is 53.9 Å². The van der Waals surface area contributed by atoms with Crippen LogP contribution in [0, 0.1) is 6.92 Å². The number of aryl methyl sites for hydroxylation is 1. The zero-order valence-corrected chi connectivity index (χ0v) is 14.4. The Bertz CT molecular complexity index is 819. The number of nitrogens with zero attached hydrogens (tertiary/aromatic N) is 3. The first kappa shape index (κ1) is 15.9. The normalized spacial score (nSPS) is 10.7. The van der Waals surface area contributed by atoms with Crippen LogP contribution in [-0.2, 0) is 5.75 Å². The van der Waals surface area contributed by atoms with E-state index >= 15 is 0 Å². The zero-order chi connectivity index (χ0) is 16.2. The number of thioether (sulfide) groups is 1. The van der Waals surface area contributed by atoms with Crippen LogP contribution in [0.5, 0.6) is 5.75 Å². The van der Waals surface area contributed by atoms with Crippen LogP contribution >= 0.6 is 23.4 Å². The second-order valence-corrected chi connectivity index (χ2v) is 6.41. The summed E-state index contributed by atoms with van der Waals surface area (Å²) in [7, 11) is 1.67. The molecule has 0 fully saturated rings. The van der Waals surface area contributed by atoms with Crippen LogP contribution in [0.2, 0.25) is 5.02 Å². The minimum absolute atomic E-state index is 0.736. The van der Waals surface area contributed by atoms with Crippen LogP contribution in [0.25, 0.3) is 5.69 Å². The van der Waals surface area contributed by atoms with Crippen molar-refractivity contribution in [2.75, 3.05) is 7.11 Å². The second kappa shape index (κ2) is 7.06. The molecule has 4 nitrogen and oxygen atoms in total. The molecule has 0 aliphatic rings. The summed E-state index contributed by atoms with van der Waals surface area (Å²) in [5, 5.41) is 9.79. The molecule has 0 amide bonds. The van der Waals surface area contributed by atoms with E-state index in [4.69, 9.17) is 16.3 Å². The molecule has 6 heteroatoms. The van der Waals surface area contributed by atoms with Gasteiger partial charge in [0, 0.05) is 10.8 Å². The SMILES string of the molecule is COc1cccc(CSc2nncn2-c2ccc(C)c(Cl)c2)c1. The predicted molar refractivity (Wildman–Crippen MR) is 93.7 cm³/mol. The molecular formula is C17H16ClN3OS. The Morgan fingerprint density at radius 3 is 2.87 bits per heavy atom. The molecule has 3 rings (SSSR count). The maximum Gasteiger partial charge on any atom is 0.195 e. The van der Waals surface area contributed by atoms with E-state index in [1.165, 1.54) is 5.56 Å². The molecule has 118 valence electrons. The molecule has 0 saturated heterocycles. The molecule has 1 aromatic heterocycles. The van der Waals surface area contributed by atoms with E-state index in [2.05, 4.69) is 16.3 Å². The molecule has 0 aliphatic carbocycles. The van der Waals surface area contributed by atoms with E-state index in [9.17, 15) is 0 Å². The van der Waals surface area contributed by atoms with Gasteiger partial charge in [-0.05, 0) is 42.3 Å². The lowest BCUT2D eigenvalue weighted by Gasteiger charge is -2.08. The second-order valence-electron chi connectivity index (χ2n) is 5.06. The van der Waals surface area contributed by atoms with Crippen molar-refractivity contribution in [3.63, 3.8) is 0 Å². The van der Waals surface area contributed by atoms with Gasteiger partial charge in [-0.15, -0.1) is 10.2 Å². The van der Waals surface area contributed by atoms with E-state index < -0.39 is 0 Å². The molecule has 0 bridgehead atoms. The highest BCUT2D eigenvalue weighted by atomic mass is 35.5. The Balaban J connectivity index is 1.79. The monoisotopic (exact) mass is 345 g/mol. The summed E-state index contributed by atoms with van der Waals surface area (Å²) in [6.07, 6.45) is 1.70. The summed E-state index contributed by atoms with van der Waals surface area (Å²) >= 11 is 7.84. The third-order valence-electron chi connectivity index (χ3n) is 3.45. The van der Waals surface area contributed by atoms with Gasteiger partial charge >= 0.3 is 0 Å². The number of hydrogen-bond acceptors (Lipinski definition) is 4. The highest BCUT2D eigenvalue weighted by Crippen LogP contribution is 2.26. The lowest BCUT2D eigenvalue weighted by Crippen LogP contribution is -1.96. The lowest BCUT2D eigenvalue weighted by molar-refractivity contribution is 0.414. The summed E-state index contributed by atoms with van der Waals surface area (Å²) < 4.78 is 7.19. The lowest BCUT2D eigenvalue weighted by atomic mass is 10.2. The number of ether oxygens (including phenoxy) is 1. The zero-order valence-electron chi connectivity index (χ0n) is 12.9. The molecule has 23 heavy (non-hydrogen) atoms.